The summed E-state index contributed by atoms with van der Waals surface area (Å²) in [6, 6.07) is 2.50. The topological polar surface area (TPSA) is 122 Å². The van der Waals surface area contributed by atoms with Gasteiger partial charge in [0.25, 0.3) is 5.56 Å². The molecule has 0 saturated carbocycles. The number of aromatic nitrogens is 4. The molecule has 1 aliphatic heterocycles. The molecule has 3 heterocycles. The van der Waals surface area contributed by atoms with Crippen molar-refractivity contribution in [3.05, 3.63) is 34.2 Å². The molecular weight excluding hydrogens is 480 g/mol. The summed E-state index contributed by atoms with van der Waals surface area (Å²) < 4.78 is 101. The minimum Gasteiger partial charge on any atom is -0.493 e. The number of aromatic amines is 1. The van der Waals surface area contributed by atoms with Gasteiger partial charge in [0, 0.05) is 30.6 Å². The number of rotatable bonds is 11. The van der Waals surface area contributed by atoms with Crippen molar-refractivity contribution in [2.24, 2.45) is 7.05 Å². The van der Waals surface area contributed by atoms with Crippen LogP contribution in [0.3, 0.4) is 0 Å². The Bertz CT molecular complexity index is 1690. The Hall–Kier alpha value is -2.76. The Morgan fingerprint density at radius 2 is 2.17 bits per heavy atom. The number of nitrogens with zero attached hydrogens (tertiary/aromatic N) is 4. The molecule has 1 aliphatic rings. The molecule has 0 radical (unpaired) electrons. The first-order valence-electron chi connectivity index (χ1n) is 15.9. The molecule has 1 aromatic carbocycles. The highest BCUT2D eigenvalue weighted by Gasteiger charge is 2.23. The zero-order valence-electron chi connectivity index (χ0n) is 28.5. The molecule has 1 saturated heterocycles. The van der Waals surface area contributed by atoms with Crippen LogP contribution in [0.15, 0.2) is 27.9 Å². The molecule has 1 fully saturated rings. The largest absolute Gasteiger partial charge is 0.493 e. The van der Waals surface area contributed by atoms with Gasteiger partial charge in [0.05, 0.1) is 22.8 Å². The monoisotopic (exact) mass is 524 g/mol. The van der Waals surface area contributed by atoms with Crippen LogP contribution in [0.25, 0.3) is 22.4 Å². The maximum absolute atomic E-state index is 13.5. The first-order chi connectivity index (χ1) is 20.3. The minimum atomic E-state index is -4.57. The van der Waals surface area contributed by atoms with Gasteiger partial charge in [-0.25, -0.2) is 18.1 Å². The maximum atomic E-state index is 13.5. The number of fused-ring (bicyclic) bond motifs is 1. The highest BCUT2D eigenvalue weighted by Crippen LogP contribution is 2.31. The Labute approximate surface area is 223 Å². The average Bonchev–Trinajstić information content (AvgIpc) is 3.58. The van der Waals surface area contributed by atoms with Crippen LogP contribution in [-0.2, 0) is 23.4 Å². The fraction of sp³-hybridized carbons (Fsp3) is 0.560. The molecule has 2 N–H and O–H groups in total. The van der Waals surface area contributed by atoms with Gasteiger partial charge in [-0.15, -0.1) is 0 Å². The molecule has 2 atom stereocenters. The third kappa shape index (κ3) is 5.47. The van der Waals surface area contributed by atoms with Crippen LogP contribution < -0.4 is 15.0 Å². The molecule has 2 aromatic heterocycles. The van der Waals surface area contributed by atoms with Gasteiger partial charge in [0.15, 0.2) is 5.52 Å². The van der Waals surface area contributed by atoms with Gasteiger partial charge in [-0.05, 0) is 63.7 Å². The Kier molecular flexibility index (Phi) is 5.44. The lowest BCUT2D eigenvalue weighted by Gasteiger charge is -2.19. The van der Waals surface area contributed by atoms with Gasteiger partial charge in [0.1, 0.15) is 17.1 Å². The second-order valence-electron chi connectivity index (χ2n) is 8.40. The van der Waals surface area contributed by atoms with E-state index in [1.54, 1.807) is 6.92 Å². The van der Waals surface area contributed by atoms with Crippen molar-refractivity contribution in [3.63, 3.8) is 0 Å². The highest BCUT2D eigenvalue weighted by molar-refractivity contribution is 7.89. The third-order valence-corrected chi connectivity index (χ3v) is 7.06. The average molecular weight is 525 g/mol. The first kappa shape index (κ1) is 17.7. The van der Waals surface area contributed by atoms with E-state index in [4.69, 9.17) is 15.7 Å². The number of aryl methyl sites for hydroxylation is 2. The highest BCUT2D eigenvalue weighted by atomic mass is 32.2. The number of nitrogens with one attached hydrogen (secondary N) is 2. The van der Waals surface area contributed by atoms with Gasteiger partial charge >= 0.3 is 0 Å². The second-order valence-corrected chi connectivity index (χ2v) is 10.1. The van der Waals surface area contributed by atoms with Gasteiger partial charge in [-0.1, -0.05) is 20.3 Å². The van der Waals surface area contributed by atoms with Gasteiger partial charge in [-0.2, -0.15) is 5.10 Å². The fourth-order valence-corrected chi connectivity index (χ4v) is 4.89. The van der Waals surface area contributed by atoms with E-state index in [2.05, 4.69) is 15.1 Å². The van der Waals surface area contributed by atoms with Crippen molar-refractivity contribution < 1.29 is 24.1 Å². The van der Waals surface area contributed by atoms with E-state index >= 15 is 0 Å². The van der Waals surface area contributed by atoms with E-state index in [-0.39, 0.29) is 64.8 Å². The SMILES string of the molecule is [2H]C(NS(=O)(=O)c1ccc(OCCC)c(-c2nc3c(C([2H])([2H])CC)nn(C)c3c(=O)[nH]2)c1)C([2H])([2H])C1CCCN1C([2H])([2H])[2H]. The van der Waals surface area contributed by atoms with Crippen molar-refractivity contribution in [1.82, 2.24) is 29.4 Å². The molecule has 36 heavy (non-hydrogen) atoms. The molecule has 0 aliphatic carbocycles. The van der Waals surface area contributed by atoms with Crippen LogP contribution in [-0.4, -0.2) is 65.8 Å². The molecule has 3 aromatic rings. The van der Waals surface area contributed by atoms with Gasteiger partial charge in [-0.3, -0.25) is 9.48 Å². The van der Waals surface area contributed by atoms with Gasteiger partial charge in [0.2, 0.25) is 10.0 Å². The zero-order chi connectivity index (χ0) is 32.8. The summed E-state index contributed by atoms with van der Waals surface area (Å²) in [6.45, 7) is -0.825. The predicted octanol–water partition coefficient (Wildman–Crippen LogP) is 2.83. The van der Waals surface area contributed by atoms with E-state index in [1.165, 1.54) is 23.9 Å². The van der Waals surface area contributed by atoms with E-state index in [0.29, 0.717) is 12.8 Å². The summed E-state index contributed by atoms with van der Waals surface area (Å²) in [5, 5.41) is 4.19. The summed E-state index contributed by atoms with van der Waals surface area (Å²) >= 11 is 0. The summed E-state index contributed by atoms with van der Waals surface area (Å²) in [5.74, 6) is 0.0677. The third-order valence-electron chi connectivity index (χ3n) is 5.76. The van der Waals surface area contributed by atoms with E-state index in [9.17, 15) is 13.2 Å². The lowest BCUT2D eigenvalue weighted by Crippen LogP contribution is -2.31. The first-order valence-corrected chi connectivity index (χ1v) is 13.3. The van der Waals surface area contributed by atoms with E-state index in [1.807, 2.05) is 11.6 Å². The molecule has 10 nitrogen and oxygen atoms in total. The summed E-state index contributed by atoms with van der Waals surface area (Å²) in [5.41, 5.74) is -0.606. The van der Waals surface area contributed by atoms with Crippen molar-refractivity contribution in [1.29, 1.82) is 0 Å². The molecule has 196 valence electrons. The van der Waals surface area contributed by atoms with Crippen molar-refractivity contribution in [3.8, 4) is 17.1 Å². The number of hydrogen-bond donors (Lipinski definition) is 2. The molecule has 2 unspecified atom stereocenters. The number of hydrogen-bond acceptors (Lipinski definition) is 7. The number of H-pyrrole nitrogens is 1. The lowest BCUT2D eigenvalue weighted by atomic mass is 10.1. The Morgan fingerprint density at radius 3 is 2.92 bits per heavy atom. The van der Waals surface area contributed by atoms with Crippen LogP contribution >= 0.6 is 0 Å². The summed E-state index contributed by atoms with van der Waals surface area (Å²) in [4.78, 5) is 20.8. The molecule has 0 bridgehead atoms. The van der Waals surface area contributed by atoms with Crippen molar-refractivity contribution in [2.45, 2.75) is 63.2 Å². The normalized spacial score (nSPS) is 22.0. The molecule has 0 spiro atoms. The maximum Gasteiger partial charge on any atom is 0.277 e. The zero-order valence-corrected chi connectivity index (χ0v) is 21.3. The van der Waals surface area contributed by atoms with Crippen LogP contribution in [0.2, 0.25) is 0 Å². The summed E-state index contributed by atoms with van der Waals surface area (Å²) in [7, 11) is -3.08. The quantitative estimate of drug-likeness (QED) is 0.395. The van der Waals surface area contributed by atoms with Crippen LogP contribution in [0, 0.1) is 0 Å². The lowest BCUT2D eigenvalue weighted by molar-refractivity contribution is 0.297. The molecule has 4 rings (SSSR count). The predicted molar refractivity (Wildman–Crippen MR) is 140 cm³/mol. The smallest absolute Gasteiger partial charge is 0.277 e. The van der Waals surface area contributed by atoms with E-state index < -0.39 is 47.9 Å². The van der Waals surface area contributed by atoms with E-state index in [0.717, 1.165) is 11.0 Å². The van der Waals surface area contributed by atoms with Crippen LogP contribution in [0.1, 0.15) is 62.6 Å². The Morgan fingerprint density at radius 1 is 1.33 bits per heavy atom. The number of likely N-dealkylation sites (tertiary alicyclic amines) is 1. The van der Waals surface area contributed by atoms with Crippen LogP contribution in [0.4, 0.5) is 0 Å². The van der Waals surface area contributed by atoms with Gasteiger partial charge < -0.3 is 14.6 Å². The Balaban J connectivity index is 1.78. The minimum absolute atomic E-state index is 0.000666. The summed E-state index contributed by atoms with van der Waals surface area (Å²) in [6.07, 6.45) is -3.28. The van der Waals surface area contributed by atoms with Crippen molar-refractivity contribution >= 4 is 21.1 Å². The second kappa shape index (κ2) is 11.1. The van der Waals surface area contributed by atoms with Crippen molar-refractivity contribution in [2.75, 3.05) is 26.6 Å². The number of benzene rings is 1. The standard InChI is InChI=1S/C25H36N6O4S/c1-5-8-20-22-23(31(4)29-20)25(32)28-24(27-22)19-16-18(10-11-21(19)35-15-6-2)36(33,34)26-13-12-17-9-7-14-30(17)3/h10-11,16-17,26H,5-9,12-15H2,1-4H3,(H,27,28,32)/i3D3,8D2,12D2,13D. The molecular formula is C25H36N6O4S. The fourth-order valence-electron chi connectivity index (χ4n) is 4.01. The molecule has 11 heteroatoms. The van der Waals surface area contributed by atoms with Crippen LogP contribution in [0.5, 0.6) is 5.75 Å². The molecule has 0 amide bonds. The number of sulfonamides is 1. The number of ether oxygens (including phenoxy) is 1.